The SMILES string of the molecule is O=C(O)COc1ccc(S(=O)(=O)Cl)c(Cl)c1Cl. The normalized spacial score (nSPS) is 11.2. The Balaban J connectivity index is 3.16. The number of hydrogen-bond donors (Lipinski definition) is 1. The summed E-state index contributed by atoms with van der Waals surface area (Å²) in [6, 6.07) is 2.25. The number of benzene rings is 1. The monoisotopic (exact) mass is 318 g/mol. The Labute approximate surface area is 111 Å². The van der Waals surface area contributed by atoms with Gasteiger partial charge in [-0.2, -0.15) is 0 Å². The van der Waals surface area contributed by atoms with Crippen LogP contribution in [0.2, 0.25) is 10.0 Å². The Morgan fingerprint density at radius 2 is 1.88 bits per heavy atom. The first-order chi connectivity index (χ1) is 7.73. The summed E-state index contributed by atoms with van der Waals surface area (Å²) >= 11 is 11.4. The minimum atomic E-state index is -4.02. The fourth-order valence-electron chi connectivity index (χ4n) is 0.953. The molecule has 1 rings (SSSR count). The summed E-state index contributed by atoms with van der Waals surface area (Å²) in [5.74, 6) is -1.24. The summed E-state index contributed by atoms with van der Waals surface area (Å²) in [6.45, 7) is -0.622. The zero-order valence-corrected chi connectivity index (χ0v) is 11.1. The van der Waals surface area contributed by atoms with Crippen molar-refractivity contribution in [3.05, 3.63) is 22.2 Å². The molecule has 0 heterocycles. The highest BCUT2D eigenvalue weighted by Crippen LogP contribution is 2.37. The van der Waals surface area contributed by atoms with Crippen LogP contribution in [0.25, 0.3) is 0 Å². The molecule has 1 aromatic rings. The van der Waals surface area contributed by atoms with Crippen molar-refractivity contribution in [3.8, 4) is 5.75 Å². The van der Waals surface area contributed by atoms with Crippen molar-refractivity contribution in [1.29, 1.82) is 0 Å². The molecule has 0 atom stereocenters. The summed E-state index contributed by atoms with van der Waals surface area (Å²) in [4.78, 5) is 9.91. The van der Waals surface area contributed by atoms with Crippen molar-refractivity contribution in [2.24, 2.45) is 0 Å². The smallest absolute Gasteiger partial charge is 0.341 e. The third-order valence-electron chi connectivity index (χ3n) is 1.63. The Hall–Kier alpha value is -0.690. The molecule has 0 saturated carbocycles. The van der Waals surface area contributed by atoms with E-state index < -0.39 is 21.6 Å². The summed E-state index contributed by atoms with van der Waals surface area (Å²) in [7, 11) is 1.09. The third-order valence-corrected chi connectivity index (χ3v) is 3.97. The van der Waals surface area contributed by atoms with Gasteiger partial charge >= 0.3 is 5.97 Å². The molecule has 1 aromatic carbocycles. The third kappa shape index (κ3) is 3.64. The zero-order chi connectivity index (χ0) is 13.2. The number of aliphatic carboxylic acids is 1. The second kappa shape index (κ2) is 5.30. The topological polar surface area (TPSA) is 80.7 Å². The lowest BCUT2D eigenvalue weighted by atomic mass is 10.3. The highest BCUT2D eigenvalue weighted by Gasteiger charge is 2.20. The first-order valence-corrected chi connectivity index (χ1v) is 7.07. The molecule has 0 saturated heterocycles. The highest BCUT2D eigenvalue weighted by atomic mass is 35.7. The molecule has 17 heavy (non-hydrogen) atoms. The summed E-state index contributed by atoms with van der Waals surface area (Å²) in [5, 5.41) is 7.87. The maximum Gasteiger partial charge on any atom is 0.341 e. The van der Waals surface area contributed by atoms with Gasteiger partial charge in [-0.1, -0.05) is 23.2 Å². The predicted octanol–water partition coefficient (Wildman–Crippen LogP) is 2.38. The fourth-order valence-corrected chi connectivity index (χ4v) is 2.74. The fraction of sp³-hybridized carbons (Fsp3) is 0.125. The van der Waals surface area contributed by atoms with E-state index in [0.717, 1.165) is 6.07 Å². The van der Waals surface area contributed by atoms with E-state index in [-0.39, 0.29) is 20.7 Å². The van der Waals surface area contributed by atoms with Gasteiger partial charge in [0.25, 0.3) is 9.05 Å². The van der Waals surface area contributed by atoms with Gasteiger partial charge in [0.05, 0.1) is 5.02 Å². The first kappa shape index (κ1) is 14.4. The first-order valence-electron chi connectivity index (χ1n) is 4.00. The molecule has 0 amide bonds. The lowest BCUT2D eigenvalue weighted by Crippen LogP contribution is -2.10. The molecule has 9 heteroatoms. The van der Waals surface area contributed by atoms with Crippen LogP contribution in [0, 0.1) is 0 Å². The Morgan fingerprint density at radius 3 is 2.35 bits per heavy atom. The minimum Gasteiger partial charge on any atom is -0.480 e. The van der Waals surface area contributed by atoms with Crippen molar-refractivity contribution in [1.82, 2.24) is 0 Å². The Morgan fingerprint density at radius 1 is 1.29 bits per heavy atom. The van der Waals surface area contributed by atoms with Gasteiger partial charge in [-0.15, -0.1) is 0 Å². The largest absolute Gasteiger partial charge is 0.480 e. The van der Waals surface area contributed by atoms with E-state index in [1.54, 1.807) is 0 Å². The van der Waals surface area contributed by atoms with Crippen LogP contribution in [-0.4, -0.2) is 26.1 Å². The molecule has 94 valence electrons. The quantitative estimate of drug-likeness (QED) is 0.862. The molecule has 0 radical (unpaired) electrons. The molecule has 0 aliphatic carbocycles. The molecule has 0 unspecified atom stereocenters. The van der Waals surface area contributed by atoms with Crippen LogP contribution in [0.3, 0.4) is 0 Å². The highest BCUT2D eigenvalue weighted by molar-refractivity contribution is 8.13. The van der Waals surface area contributed by atoms with Gasteiger partial charge in [-0.3, -0.25) is 0 Å². The van der Waals surface area contributed by atoms with Crippen LogP contribution in [-0.2, 0) is 13.8 Å². The summed E-state index contributed by atoms with van der Waals surface area (Å²) in [5.41, 5.74) is 0. The van der Waals surface area contributed by atoms with E-state index in [1.165, 1.54) is 6.07 Å². The van der Waals surface area contributed by atoms with Gasteiger partial charge in [-0.05, 0) is 12.1 Å². The Kier molecular flexibility index (Phi) is 4.48. The lowest BCUT2D eigenvalue weighted by Gasteiger charge is -2.08. The van der Waals surface area contributed by atoms with E-state index in [2.05, 4.69) is 0 Å². The number of carboxylic acids is 1. The number of ether oxygens (including phenoxy) is 1. The molecule has 0 fully saturated rings. The van der Waals surface area contributed by atoms with E-state index in [0.29, 0.717) is 0 Å². The van der Waals surface area contributed by atoms with Crippen molar-refractivity contribution < 1.29 is 23.1 Å². The molecule has 5 nitrogen and oxygen atoms in total. The van der Waals surface area contributed by atoms with Crippen LogP contribution in [0.15, 0.2) is 17.0 Å². The molecular formula is C8H5Cl3O5S. The summed E-state index contributed by atoms with van der Waals surface area (Å²) < 4.78 is 26.9. The molecule has 0 spiro atoms. The van der Waals surface area contributed by atoms with Crippen LogP contribution in [0.5, 0.6) is 5.75 Å². The number of carboxylic acid groups (broad SMARTS) is 1. The molecule has 0 aliphatic heterocycles. The number of carbonyl (C=O) groups is 1. The maximum atomic E-state index is 11.1. The Bertz CT molecular complexity index is 555. The molecule has 0 aliphatic rings. The average molecular weight is 320 g/mol. The zero-order valence-electron chi connectivity index (χ0n) is 7.98. The average Bonchev–Trinajstić information content (AvgIpc) is 2.18. The van der Waals surface area contributed by atoms with Crippen LogP contribution < -0.4 is 4.74 Å². The predicted molar refractivity (Wildman–Crippen MR) is 62.6 cm³/mol. The minimum absolute atomic E-state index is 0.0388. The molecule has 0 bridgehead atoms. The summed E-state index contributed by atoms with van der Waals surface area (Å²) in [6.07, 6.45) is 0. The van der Waals surface area contributed by atoms with E-state index in [4.69, 9.17) is 43.7 Å². The van der Waals surface area contributed by atoms with E-state index >= 15 is 0 Å². The molecule has 1 N–H and O–H groups in total. The van der Waals surface area contributed by atoms with E-state index in [1.807, 2.05) is 0 Å². The van der Waals surface area contributed by atoms with Gasteiger partial charge in [0, 0.05) is 10.7 Å². The molecular weight excluding hydrogens is 315 g/mol. The van der Waals surface area contributed by atoms with Crippen LogP contribution in [0.4, 0.5) is 0 Å². The van der Waals surface area contributed by atoms with Crippen LogP contribution >= 0.6 is 33.9 Å². The number of halogens is 3. The van der Waals surface area contributed by atoms with Crippen LogP contribution in [0.1, 0.15) is 0 Å². The van der Waals surface area contributed by atoms with Gasteiger partial charge in [-0.25, -0.2) is 13.2 Å². The lowest BCUT2D eigenvalue weighted by molar-refractivity contribution is -0.139. The molecule has 0 aromatic heterocycles. The van der Waals surface area contributed by atoms with E-state index in [9.17, 15) is 13.2 Å². The van der Waals surface area contributed by atoms with Crippen molar-refractivity contribution in [2.75, 3.05) is 6.61 Å². The second-order valence-electron chi connectivity index (χ2n) is 2.81. The standard InChI is InChI=1S/C8H5Cl3O5S/c9-7-4(16-3-6(12)13)1-2-5(8(7)10)17(11,14)15/h1-2H,3H2,(H,12,13). The maximum absolute atomic E-state index is 11.1. The van der Waals surface area contributed by atoms with Crippen molar-refractivity contribution in [3.63, 3.8) is 0 Å². The van der Waals surface area contributed by atoms with Crippen molar-refractivity contribution in [2.45, 2.75) is 4.90 Å². The number of rotatable bonds is 4. The second-order valence-corrected chi connectivity index (χ2v) is 6.10. The number of hydrogen-bond acceptors (Lipinski definition) is 4. The van der Waals surface area contributed by atoms with Crippen molar-refractivity contribution >= 4 is 48.9 Å². The van der Waals surface area contributed by atoms with Gasteiger partial charge in [0.2, 0.25) is 0 Å². The van der Waals surface area contributed by atoms with Gasteiger partial charge in [0.15, 0.2) is 6.61 Å². The van der Waals surface area contributed by atoms with Gasteiger partial charge < -0.3 is 9.84 Å². The van der Waals surface area contributed by atoms with Gasteiger partial charge in [0.1, 0.15) is 15.7 Å².